The van der Waals surface area contributed by atoms with Gasteiger partial charge in [-0.15, -0.1) is 0 Å². The van der Waals surface area contributed by atoms with Crippen molar-refractivity contribution in [1.82, 2.24) is 0 Å². The van der Waals surface area contributed by atoms with Crippen LogP contribution in [0.2, 0.25) is 0 Å². The van der Waals surface area contributed by atoms with E-state index in [-0.39, 0.29) is 6.10 Å². The lowest BCUT2D eigenvalue weighted by Crippen LogP contribution is -2.13. The van der Waals surface area contributed by atoms with Crippen LogP contribution in [-0.2, 0) is 9.47 Å². The van der Waals surface area contributed by atoms with E-state index in [0.29, 0.717) is 13.0 Å². The van der Waals surface area contributed by atoms with Gasteiger partial charge in [0.2, 0.25) is 0 Å². The van der Waals surface area contributed by atoms with Crippen LogP contribution in [0.3, 0.4) is 0 Å². The molecule has 0 bridgehead atoms. The second-order valence-corrected chi connectivity index (χ2v) is 2.15. The van der Waals surface area contributed by atoms with Crippen LogP contribution in [-0.4, -0.2) is 30.7 Å². The summed E-state index contributed by atoms with van der Waals surface area (Å²) < 4.78 is 9.81. The third-order valence-corrected chi connectivity index (χ3v) is 1.23. The molecule has 9 heavy (non-hydrogen) atoms. The van der Waals surface area contributed by atoms with Gasteiger partial charge in [0, 0.05) is 0 Å². The highest BCUT2D eigenvalue weighted by molar-refractivity contribution is 4.67. The Morgan fingerprint density at radius 2 is 2.56 bits per heavy atom. The van der Waals surface area contributed by atoms with Gasteiger partial charge in [0.25, 0.3) is 0 Å². The van der Waals surface area contributed by atoms with Gasteiger partial charge >= 0.3 is 0 Å². The summed E-state index contributed by atoms with van der Waals surface area (Å²) in [6, 6.07) is 0. The molecule has 0 aromatic rings. The third-order valence-electron chi connectivity index (χ3n) is 1.23. The molecule has 2 unspecified atom stereocenters. The Kier molecular flexibility index (Phi) is 2.45. The largest absolute Gasteiger partial charge is 0.371 e. The van der Waals surface area contributed by atoms with E-state index >= 15 is 0 Å². The van der Waals surface area contributed by atoms with E-state index < -0.39 is 6.29 Å². The number of hydrogen-bond donors (Lipinski definition) is 1. The molecule has 1 saturated heterocycles. The molecule has 1 fully saturated rings. The second-order valence-electron chi connectivity index (χ2n) is 2.15. The molecule has 54 valence electrons. The lowest BCUT2D eigenvalue weighted by Gasteiger charge is -2.06. The van der Waals surface area contributed by atoms with E-state index in [1.807, 2.05) is 6.92 Å². The Morgan fingerprint density at radius 1 is 1.89 bits per heavy atom. The molecule has 1 aliphatic rings. The smallest absolute Gasteiger partial charge is 0.154 e. The van der Waals surface area contributed by atoms with Crippen molar-refractivity contribution in [3.8, 4) is 0 Å². The maximum Gasteiger partial charge on any atom is 0.154 e. The molecule has 1 rings (SSSR count). The zero-order valence-corrected chi connectivity index (χ0v) is 5.54. The van der Waals surface area contributed by atoms with Gasteiger partial charge in [0.05, 0.1) is 13.2 Å². The normalized spacial score (nSPS) is 28.0. The zero-order valence-electron chi connectivity index (χ0n) is 5.54. The minimum atomic E-state index is -0.603. The van der Waals surface area contributed by atoms with Crippen molar-refractivity contribution in [2.75, 3.05) is 13.2 Å². The number of rotatable bonds is 4. The third kappa shape index (κ3) is 2.79. The Morgan fingerprint density at radius 3 is 3.00 bits per heavy atom. The molecule has 0 saturated carbocycles. The van der Waals surface area contributed by atoms with Gasteiger partial charge in [-0.3, -0.25) is 0 Å². The molecule has 0 spiro atoms. The monoisotopic (exact) mass is 132 g/mol. The SMILES string of the molecule is CCC(O)OCC1CO1. The molecular weight excluding hydrogens is 120 g/mol. The average Bonchev–Trinajstić information content (AvgIpc) is 2.65. The van der Waals surface area contributed by atoms with Crippen LogP contribution in [0.5, 0.6) is 0 Å². The zero-order chi connectivity index (χ0) is 6.69. The number of ether oxygens (including phenoxy) is 2. The van der Waals surface area contributed by atoms with Crippen molar-refractivity contribution in [3.63, 3.8) is 0 Å². The summed E-state index contributed by atoms with van der Waals surface area (Å²) in [6.07, 6.45) is 0.299. The van der Waals surface area contributed by atoms with Gasteiger partial charge in [0.15, 0.2) is 6.29 Å². The maximum absolute atomic E-state index is 8.86. The van der Waals surface area contributed by atoms with Crippen LogP contribution in [0.1, 0.15) is 13.3 Å². The summed E-state index contributed by atoms with van der Waals surface area (Å²) in [5, 5.41) is 8.86. The average molecular weight is 132 g/mol. The van der Waals surface area contributed by atoms with Crippen molar-refractivity contribution < 1.29 is 14.6 Å². The predicted molar refractivity (Wildman–Crippen MR) is 32.0 cm³/mol. The molecule has 0 aromatic carbocycles. The number of aliphatic hydroxyl groups excluding tert-OH is 1. The van der Waals surface area contributed by atoms with E-state index in [0.717, 1.165) is 6.61 Å². The molecule has 0 amide bonds. The number of epoxide rings is 1. The number of aliphatic hydroxyl groups is 1. The molecular formula is C6H12O3. The maximum atomic E-state index is 8.86. The van der Waals surface area contributed by atoms with Crippen molar-refractivity contribution in [3.05, 3.63) is 0 Å². The van der Waals surface area contributed by atoms with E-state index in [9.17, 15) is 0 Å². The molecule has 0 aliphatic carbocycles. The summed E-state index contributed by atoms with van der Waals surface area (Å²) in [5.41, 5.74) is 0. The molecule has 3 heteroatoms. The van der Waals surface area contributed by atoms with Crippen LogP contribution < -0.4 is 0 Å². The first kappa shape index (κ1) is 6.99. The van der Waals surface area contributed by atoms with E-state index in [1.165, 1.54) is 0 Å². The van der Waals surface area contributed by atoms with Crippen molar-refractivity contribution in [1.29, 1.82) is 0 Å². The topological polar surface area (TPSA) is 42.0 Å². The lowest BCUT2D eigenvalue weighted by atomic mass is 10.4. The van der Waals surface area contributed by atoms with Crippen molar-refractivity contribution in [2.24, 2.45) is 0 Å². The molecule has 0 aromatic heterocycles. The van der Waals surface area contributed by atoms with Gasteiger partial charge in [0.1, 0.15) is 6.10 Å². The van der Waals surface area contributed by atoms with Crippen LogP contribution in [0, 0.1) is 0 Å². The van der Waals surface area contributed by atoms with Crippen LogP contribution >= 0.6 is 0 Å². The Balaban J connectivity index is 1.90. The van der Waals surface area contributed by atoms with Crippen LogP contribution in [0.4, 0.5) is 0 Å². The van der Waals surface area contributed by atoms with E-state index in [1.54, 1.807) is 0 Å². The Bertz CT molecular complexity index is 80.4. The second kappa shape index (κ2) is 3.15. The molecule has 1 heterocycles. The van der Waals surface area contributed by atoms with Crippen molar-refractivity contribution >= 4 is 0 Å². The van der Waals surface area contributed by atoms with Gasteiger partial charge in [-0.25, -0.2) is 0 Å². The summed E-state index contributed by atoms with van der Waals surface area (Å²) in [4.78, 5) is 0. The molecule has 3 nitrogen and oxygen atoms in total. The summed E-state index contributed by atoms with van der Waals surface area (Å²) in [7, 11) is 0. The van der Waals surface area contributed by atoms with Gasteiger partial charge in [-0.2, -0.15) is 0 Å². The minimum Gasteiger partial charge on any atom is -0.371 e. The first-order chi connectivity index (χ1) is 4.33. The van der Waals surface area contributed by atoms with Gasteiger partial charge in [-0.05, 0) is 6.42 Å². The first-order valence-corrected chi connectivity index (χ1v) is 3.24. The minimum absolute atomic E-state index is 0.256. The highest BCUT2D eigenvalue weighted by atomic mass is 16.6. The van der Waals surface area contributed by atoms with E-state index in [2.05, 4.69) is 0 Å². The molecule has 2 atom stereocenters. The fraction of sp³-hybridized carbons (Fsp3) is 1.00. The summed E-state index contributed by atoms with van der Waals surface area (Å²) >= 11 is 0. The quantitative estimate of drug-likeness (QED) is 0.436. The van der Waals surface area contributed by atoms with Gasteiger partial charge < -0.3 is 14.6 Å². The highest BCUT2D eigenvalue weighted by Crippen LogP contribution is 2.09. The fourth-order valence-corrected chi connectivity index (χ4v) is 0.501. The van der Waals surface area contributed by atoms with E-state index in [4.69, 9.17) is 14.6 Å². The summed E-state index contributed by atoms with van der Waals surface area (Å²) in [5.74, 6) is 0. The molecule has 0 radical (unpaired) electrons. The Hall–Kier alpha value is -0.120. The Labute approximate surface area is 54.6 Å². The predicted octanol–water partition coefficient (Wildman–Crippen LogP) is 0.130. The van der Waals surface area contributed by atoms with Crippen LogP contribution in [0.25, 0.3) is 0 Å². The number of hydrogen-bond acceptors (Lipinski definition) is 3. The summed E-state index contributed by atoms with van der Waals surface area (Å²) in [6.45, 7) is 3.20. The van der Waals surface area contributed by atoms with Gasteiger partial charge in [-0.1, -0.05) is 6.92 Å². The lowest BCUT2D eigenvalue weighted by molar-refractivity contribution is -0.103. The molecule has 1 N–H and O–H groups in total. The fourth-order valence-electron chi connectivity index (χ4n) is 0.501. The highest BCUT2D eigenvalue weighted by Gasteiger charge is 2.23. The first-order valence-electron chi connectivity index (χ1n) is 3.24. The standard InChI is InChI=1S/C6H12O3/c1-2-6(7)9-4-5-3-8-5/h5-7H,2-4H2,1H3. The van der Waals surface area contributed by atoms with Crippen molar-refractivity contribution in [2.45, 2.75) is 25.7 Å². The molecule has 1 aliphatic heterocycles. The van der Waals surface area contributed by atoms with Crippen LogP contribution in [0.15, 0.2) is 0 Å².